The van der Waals surface area contributed by atoms with Gasteiger partial charge in [0.25, 0.3) is 0 Å². The second-order valence-electron chi connectivity index (χ2n) is 3.53. The Kier molecular flexibility index (Phi) is 4.49. The summed E-state index contributed by atoms with van der Waals surface area (Å²) in [6, 6.07) is 6.04. The first-order chi connectivity index (χ1) is 9.06. The van der Waals surface area contributed by atoms with Crippen LogP contribution in [0.1, 0.15) is 16.3 Å². The number of benzene rings is 1. The fraction of sp³-hybridized carbons (Fsp3) is 0.0833. The highest BCUT2D eigenvalue weighted by Gasteiger charge is 2.12. The molecule has 2 aromatic rings. The highest BCUT2D eigenvalue weighted by atomic mass is 79.9. The summed E-state index contributed by atoms with van der Waals surface area (Å²) in [5.41, 5.74) is -0.0651. The molecular formula is C12H8BrFN2O2S. The van der Waals surface area contributed by atoms with Crippen molar-refractivity contribution in [1.82, 2.24) is 9.97 Å². The van der Waals surface area contributed by atoms with Crippen LogP contribution in [-0.4, -0.2) is 21.0 Å². The maximum atomic E-state index is 12.7. The molecule has 1 aromatic heterocycles. The molecule has 1 heterocycles. The van der Waals surface area contributed by atoms with Gasteiger partial charge in [-0.2, -0.15) is 0 Å². The quantitative estimate of drug-likeness (QED) is 0.863. The summed E-state index contributed by atoms with van der Waals surface area (Å²) in [5, 5.41) is 8.94. The molecule has 0 atom stereocenters. The number of carboxylic acids is 1. The highest BCUT2D eigenvalue weighted by molar-refractivity contribution is 9.10. The number of aromatic nitrogens is 2. The van der Waals surface area contributed by atoms with Crippen LogP contribution >= 0.6 is 27.7 Å². The first-order valence-electron chi connectivity index (χ1n) is 5.19. The van der Waals surface area contributed by atoms with Crippen molar-refractivity contribution in [3.05, 3.63) is 52.3 Å². The predicted octanol–water partition coefficient (Wildman–Crippen LogP) is 3.37. The number of halogens is 2. The van der Waals surface area contributed by atoms with Gasteiger partial charge in [0, 0.05) is 11.1 Å². The van der Waals surface area contributed by atoms with Crippen LogP contribution in [0.25, 0.3) is 0 Å². The van der Waals surface area contributed by atoms with E-state index in [1.807, 2.05) is 0 Å². The Labute approximate surface area is 121 Å². The van der Waals surface area contributed by atoms with E-state index in [0.29, 0.717) is 16.0 Å². The number of carbonyl (C=O) groups is 1. The highest BCUT2D eigenvalue weighted by Crippen LogP contribution is 2.22. The molecule has 0 fully saturated rings. The molecular weight excluding hydrogens is 335 g/mol. The van der Waals surface area contributed by atoms with Crippen molar-refractivity contribution in [2.45, 2.75) is 10.6 Å². The van der Waals surface area contributed by atoms with Crippen LogP contribution in [0.15, 0.2) is 39.8 Å². The topological polar surface area (TPSA) is 63.1 Å². The van der Waals surface area contributed by atoms with Crippen molar-refractivity contribution in [3.63, 3.8) is 0 Å². The van der Waals surface area contributed by atoms with Crippen molar-refractivity contribution in [2.75, 3.05) is 0 Å². The lowest BCUT2D eigenvalue weighted by atomic mass is 10.4. The second kappa shape index (κ2) is 6.12. The van der Waals surface area contributed by atoms with Crippen LogP contribution in [0, 0.1) is 5.82 Å². The van der Waals surface area contributed by atoms with Gasteiger partial charge < -0.3 is 5.11 Å². The summed E-state index contributed by atoms with van der Waals surface area (Å²) in [6.45, 7) is 0. The molecule has 19 heavy (non-hydrogen) atoms. The number of hydrogen-bond acceptors (Lipinski definition) is 4. The van der Waals surface area contributed by atoms with Gasteiger partial charge >= 0.3 is 5.97 Å². The Bertz CT molecular complexity index is 607. The van der Waals surface area contributed by atoms with E-state index in [-0.39, 0.29) is 11.5 Å². The number of carboxylic acid groups (broad SMARTS) is 1. The SMILES string of the molecule is O=C(O)c1nc(CSc2ccc(F)cc2)ncc1Br. The predicted molar refractivity (Wildman–Crippen MR) is 72.7 cm³/mol. The van der Waals surface area contributed by atoms with E-state index >= 15 is 0 Å². The number of rotatable bonds is 4. The largest absolute Gasteiger partial charge is 0.476 e. The zero-order valence-electron chi connectivity index (χ0n) is 9.51. The average molecular weight is 343 g/mol. The molecule has 0 aliphatic heterocycles. The zero-order valence-corrected chi connectivity index (χ0v) is 11.9. The third kappa shape index (κ3) is 3.74. The number of aromatic carboxylic acids is 1. The lowest BCUT2D eigenvalue weighted by Crippen LogP contribution is -2.05. The second-order valence-corrected chi connectivity index (χ2v) is 5.43. The Morgan fingerprint density at radius 2 is 2.05 bits per heavy atom. The van der Waals surface area contributed by atoms with Crippen molar-refractivity contribution >= 4 is 33.7 Å². The maximum Gasteiger partial charge on any atom is 0.355 e. The van der Waals surface area contributed by atoms with Gasteiger partial charge in [-0.25, -0.2) is 19.2 Å². The van der Waals surface area contributed by atoms with E-state index in [2.05, 4.69) is 25.9 Å². The minimum atomic E-state index is -1.11. The van der Waals surface area contributed by atoms with Gasteiger partial charge in [-0.1, -0.05) is 0 Å². The molecule has 0 aliphatic rings. The van der Waals surface area contributed by atoms with E-state index in [0.717, 1.165) is 4.90 Å². The Morgan fingerprint density at radius 3 is 2.68 bits per heavy atom. The normalized spacial score (nSPS) is 10.4. The molecule has 0 spiro atoms. The summed E-state index contributed by atoms with van der Waals surface area (Å²) in [7, 11) is 0. The Hall–Kier alpha value is -1.47. The van der Waals surface area contributed by atoms with E-state index in [9.17, 15) is 9.18 Å². The molecule has 0 saturated heterocycles. The molecule has 2 rings (SSSR count). The van der Waals surface area contributed by atoms with E-state index < -0.39 is 5.97 Å². The monoisotopic (exact) mass is 342 g/mol. The zero-order chi connectivity index (χ0) is 13.8. The molecule has 0 unspecified atom stereocenters. The minimum absolute atomic E-state index is 0.0651. The van der Waals surface area contributed by atoms with Gasteiger partial charge in [-0.05, 0) is 40.2 Å². The van der Waals surface area contributed by atoms with Crippen LogP contribution < -0.4 is 0 Å². The van der Waals surface area contributed by atoms with Crippen molar-refractivity contribution in [1.29, 1.82) is 0 Å². The van der Waals surface area contributed by atoms with E-state index in [1.165, 1.54) is 30.1 Å². The summed E-state index contributed by atoms with van der Waals surface area (Å²) >= 11 is 4.49. The van der Waals surface area contributed by atoms with Crippen molar-refractivity contribution in [3.8, 4) is 0 Å². The van der Waals surface area contributed by atoms with Gasteiger partial charge in [0.1, 0.15) is 11.6 Å². The summed E-state index contributed by atoms with van der Waals surface area (Å²) in [6.07, 6.45) is 1.41. The lowest BCUT2D eigenvalue weighted by molar-refractivity contribution is 0.0689. The molecule has 0 aliphatic carbocycles. The molecule has 0 amide bonds. The van der Waals surface area contributed by atoms with E-state index in [1.54, 1.807) is 12.1 Å². The number of nitrogens with zero attached hydrogens (tertiary/aromatic N) is 2. The van der Waals surface area contributed by atoms with Gasteiger partial charge in [-0.15, -0.1) is 11.8 Å². The Morgan fingerprint density at radius 1 is 1.37 bits per heavy atom. The van der Waals surface area contributed by atoms with Gasteiger partial charge in [0.2, 0.25) is 0 Å². The van der Waals surface area contributed by atoms with Gasteiger partial charge in [-0.3, -0.25) is 0 Å². The molecule has 0 saturated carbocycles. The van der Waals surface area contributed by atoms with Crippen LogP contribution in [0.2, 0.25) is 0 Å². The molecule has 4 nitrogen and oxygen atoms in total. The number of thioether (sulfide) groups is 1. The third-order valence-electron chi connectivity index (χ3n) is 2.18. The number of hydrogen-bond donors (Lipinski definition) is 1. The lowest BCUT2D eigenvalue weighted by Gasteiger charge is -2.03. The fourth-order valence-electron chi connectivity index (χ4n) is 1.30. The molecule has 0 bridgehead atoms. The average Bonchev–Trinajstić information content (AvgIpc) is 2.39. The van der Waals surface area contributed by atoms with E-state index in [4.69, 9.17) is 5.11 Å². The van der Waals surface area contributed by atoms with Gasteiger partial charge in [0.15, 0.2) is 5.69 Å². The summed E-state index contributed by atoms with van der Waals surface area (Å²) in [4.78, 5) is 19.8. The Balaban J connectivity index is 2.09. The first kappa shape index (κ1) is 14.0. The molecule has 0 radical (unpaired) electrons. The molecule has 98 valence electrons. The fourth-order valence-corrected chi connectivity index (χ4v) is 2.43. The summed E-state index contributed by atoms with van der Waals surface area (Å²) < 4.78 is 13.1. The van der Waals surface area contributed by atoms with Gasteiger partial charge in [0.05, 0.1) is 10.2 Å². The molecule has 1 aromatic carbocycles. The van der Waals surface area contributed by atoms with Crippen molar-refractivity contribution in [2.24, 2.45) is 0 Å². The minimum Gasteiger partial charge on any atom is -0.476 e. The van der Waals surface area contributed by atoms with Crippen molar-refractivity contribution < 1.29 is 14.3 Å². The maximum absolute atomic E-state index is 12.7. The molecule has 7 heteroatoms. The van der Waals surface area contributed by atoms with Crippen LogP contribution in [0.4, 0.5) is 4.39 Å². The van der Waals surface area contributed by atoms with Crippen LogP contribution in [0.3, 0.4) is 0 Å². The first-order valence-corrected chi connectivity index (χ1v) is 6.97. The standard InChI is InChI=1S/C12H8BrFN2O2S/c13-9-5-15-10(16-11(9)12(17)18)6-19-8-3-1-7(14)2-4-8/h1-5H,6H2,(H,17,18). The molecule has 1 N–H and O–H groups in total. The third-order valence-corrected chi connectivity index (χ3v) is 3.77. The smallest absolute Gasteiger partial charge is 0.355 e. The summed E-state index contributed by atoms with van der Waals surface area (Å²) in [5.74, 6) is -0.575. The van der Waals surface area contributed by atoms with Crippen LogP contribution in [-0.2, 0) is 5.75 Å². The van der Waals surface area contributed by atoms with Crippen LogP contribution in [0.5, 0.6) is 0 Å².